The molecule has 1 unspecified atom stereocenters. The molecule has 2 aromatic carbocycles. The van der Waals surface area contributed by atoms with Gasteiger partial charge in [0, 0.05) is 10.6 Å². The van der Waals surface area contributed by atoms with Crippen molar-refractivity contribution in [3.8, 4) is 0 Å². The molecular formula is C17H18FNOS. The number of anilines is 1. The van der Waals surface area contributed by atoms with Crippen LogP contribution in [0.4, 0.5) is 10.1 Å². The predicted octanol–water partition coefficient (Wildman–Crippen LogP) is 4.56. The minimum absolute atomic E-state index is 0.133. The summed E-state index contributed by atoms with van der Waals surface area (Å²) < 4.78 is 13.1. The number of benzene rings is 2. The lowest BCUT2D eigenvalue weighted by Crippen LogP contribution is -2.22. The Morgan fingerprint density at radius 2 is 1.95 bits per heavy atom. The van der Waals surface area contributed by atoms with Crippen LogP contribution in [0.1, 0.15) is 18.1 Å². The van der Waals surface area contributed by atoms with Gasteiger partial charge in [0.2, 0.25) is 5.91 Å². The van der Waals surface area contributed by atoms with E-state index in [-0.39, 0.29) is 17.0 Å². The van der Waals surface area contributed by atoms with Crippen molar-refractivity contribution in [2.45, 2.75) is 30.9 Å². The lowest BCUT2D eigenvalue weighted by molar-refractivity contribution is -0.115. The largest absolute Gasteiger partial charge is 0.325 e. The summed E-state index contributed by atoms with van der Waals surface area (Å²) in [5.41, 5.74) is 2.80. The lowest BCUT2D eigenvalue weighted by atomic mass is 10.2. The van der Waals surface area contributed by atoms with E-state index in [9.17, 15) is 9.18 Å². The van der Waals surface area contributed by atoms with Crippen LogP contribution in [0.25, 0.3) is 0 Å². The van der Waals surface area contributed by atoms with Crippen molar-refractivity contribution in [3.63, 3.8) is 0 Å². The Balaban J connectivity index is 2.04. The van der Waals surface area contributed by atoms with E-state index in [1.54, 1.807) is 12.1 Å². The van der Waals surface area contributed by atoms with Crippen molar-refractivity contribution in [1.29, 1.82) is 0 Å². The second-order valence-electron chi connectivity index (χ2n) is 5.03. The summed E-state index contributed by atoms with van der Waals surface area (Å²) in [6.45, 7) is 5.90. The van der Waals surface area contributed by atoms with Crippen LogP contribution in [0, 0.1) is 19.7 Å². The van der Waals surface area contributed by atoms with Gasteiger partial charge in [-0.25, -0.2) is 4.39 Å². The zero-order valence-corrected chi connectivity index (χ0v) is 13.1. The van der Waals surface area contributed by atoms with E-state index in [0.717, 1.165) is 10.5 Å². The van der Waals surface area contributed by atoms with Gasteiger partial charge in [0.15, 0.2) is 0 Å². The highest BCUT2D eigenvalue weighted by atomic mass is 32.2. The molecule has 0 bridgehead atoms. The summed E-state index contributed by atoms with van der Waals surface area (Å²) in [7, 11) is 0. The average Bonchev–Trinajstić information content (AvgIpc) is 2.43. The highest BCUT2D eigenvalue weighted by molar-refractivity contribution is 8.00. The first-order chi connectivity index (χ1) is 9.95. The monoisotopic (exact) mass is 303 g/mol. The molecule has 0 heterocycles. The molecule has 0 saturated heterocycles. The summed E-state index contributed by atoms with van der Waals surface area (Å²) in [6.07, 6.45) is 0. The van der Waals surface area contributed by atoms with Crippen molar-refractivity contribution in [1.82, 2.24) is 0 Å². The molecule has 0 radical (unpaired) electrons. The molecule has 0 saturated carbocycles. The standard InChI is InChI=1S/C17H18FNOS/c1-11-7-8-12(2)16(9-11)21-13(3)17(20)19-15-6-4-5-14(18)10-15/h4-10,13H,1-3H3,(H,19,20). The number of nitrogens with one attached hydrogen (secondary N) is 1. The molecule has 2 nitrogen and oxygen atoms in total. The number of rotatable bonds is 4. The summed E-state index contributed by atoms with van der Waals surface area (Å²) in [5.74, 6) is -0.492. The molecule has 2 rings (SSSR count). The molecule has 1 amide bonds. The van der Waals surface area contributed by atoms with Crippen LogP contribution in [-0.4, -0.2) is 11.2 Å². The highest BCUT2D eigenvalue weighted by Crippen LogP contribution is 2.28. The molecule has 0 aliphatic rings. The van der Waals surface area contributed by atoms with Crippen LogP contribution in [0.3, 0.4) is 0 Å². The first-order valence-electron chi connectivity index (χ1n) is 6.76. The van der Waals surface area contributed by atoms with Crippen LogP contribution in [0.5, 0.6) is 0 Å². The highest BCUT2D eigenvalue weighted by Gasteiger charge is 2.16. The van der Waals surface area contributed by atoms with Crippen LogP contribution >= 0.6 is 11.8 Å². The minimum Gasteiger partial charge on any atom is -0.325 e. The number of aryl methyl sites for hydroxylation is 2. The van der Waals surface area contributed by atoms with Crippen molar-refractivity contribution in [3.05, 3.63) is 59.4 Å². The molecule has 0 aliphatic heterocycles. The maximum atomic E-state index is 13.1. The third-order valence-corrected chi connectivity index (χ3v) is 4.37. The van der Waals surface area contributed by atoms with Crippen LogP contribution in [-0.2, 0) is 4.79 Å². The van der Waals surface area contributed by atoms with Gasteiger partial charge < -0.3 is 5.32 Å². The van der Waals surface area contributed by atoms with E-state index in [2.05, 4.69) is 23.5 Å². The molecule has 1 N–H and O–H groups in total. The topological polar surface area (TPSA) is 29.1 Å². The van der Waals surface area contributed by atoms with E-state index in [1.807, 2.05) is 20.8 Å². The molecule has 2 aromatic rings. The maximum Gasteiger partial charge on any atom is 0.237 e. The Hall–Kier alpha value is -1.81. The third kappa shape index (κ3) is 4.33. The maximum absolute atomic E-state index is 13.1. The Bertz CT molecular complexity index is 657. The lowest BCUT2D eigenvalue weighted by Gasteiger charge is -2.14. The van der Waals surface area contributed by atoms with Gasteiger partial charge >= 0.3 is 0 Å². The van der Waals surface area contributed by atoms with Gasteiger partial charge in [0.05, 0.1) is 5.25 Å². The Kier molecular flexibility index (Phi) is 5.02. The molecule has 0 aromatic heterocycles. The fourth-order valence-electron chi connectivity index (χ4n) is 1.89. The van der Waals surface area contributed by atoms with Crippen molar-refractivity contribution in [2.75, 3.05) is 5.32 Å². The summed E-state index contributed by atoms with van der Waals surface area (Å²) in [6, 6.07) is 12.1. The quantitative estimate of drug-likeness (QED) is 0.839. The Labute approximate surface area is 128 Å². The molecule has 0 aliphatic carbocycles. The van der Waals surface area contributed by atoms with Gasteiger partial charge in [-0.15, -0.1) is 11.8 Å². The summed E-state index contributed by atoms with van der Waals surface area (Å²) in [4.78, 5) is 13.3. The summed E-state index contributed by atoms with van der Waals surface area (Å²) in [5, 5.41) is 2.48. The molecule has 0 fully saturated rings. The van der Waals surface area contributed by atoms with Gasteiger partial charge in [-0.3, -0.25) is 4.79 Å². The summed E-state index contributed by atoms with van der Waals surface area (Å²) >= 11 is 1.51. The number of thioether (sulfide) groups is 1. The van der Waals surface area contributed by atoms with Crippen LogP contribution in [0.15, 0.2) is 47.4 Å². The number of carbonyl (C=O) groups excluding carboxylic acids is 1. The first kappa shape index (κ1) is 15.6. The van der Waals surface area contributed by atoms with E-state index < -0.39 is 0 Å². The normalized spacial score (nSPS) is 12.0. The second-order valence-corrected chi connectivity index (χ2v) is 6.41. The Morgan fingerprint density at radius 3 is 2.67 bits per heavy atom. The molecule has 1 atom stereocenters. The van der Waals surface area contributed by atoms with Crippen LogP contribution < -0.4 is 5.32 Å². The number of halogens is 1. The SMILES string of the molecule is Cc1ccc(C)c(SC(C)C(=O)Nc2cccc(F)c2)c1. The van der Waals surface area contributed by atoms with Gasteiger partial charge in [-0.2, -0.15) is 0 Å². The molecular weight excluding hydrogens is 285 g/mol. The number of carbonyl (C=O) groups is 1. The smallest absolute Gasteiger partial charge is 0.237 e. The molecule has 21 heavy (non-hydrogen) atoms. The zero-order chi connectivity index (χ0) is 15.4. The van der Waals surface area contributed by atoms with Crippen LogP contribution in [0.2, 0.25) is 0 Å². The predicted molar refractivity (Wildman–Crippen MR) is 86.3 cm³/mol. The zero-order valence-electron chi connectivity index (χ0n) is 12.3. The van der Waals surface area contributed by atoms with Gasteiger partial charge in [0.1, 0.15) is 5.82 Å². The van der Waals surface area contributed by atoms with Crippen molar-refractivity contribution < 1.29 is 9.18 Å². The first-order valence-corrected chi connectivity index (χ1v) is 7.64. The van der Waals surface area contributed by atoms with E-state index >= 15 is 0 Å². The number of hydrogen-bond acceptors (Lipinski definition) is 2. The molecule has 110 valence electrons. The molecule has 0 spiro atoms. The third-order valence-electron chi connectivity index (χ3n) is 3.11. The fraction of sp³-hybridized carbons (Fsp3) is 0.235. The fourth-order valence-corrected chi connectivity index (χ4v) is 2.94. The van der Waals surface area contributed by atoms with Gasteiger partial charge in [0.25, 0.3) is 0 Å². The number of amides is 1. The van der Waals surface area contributed by atoms with E-state index in [4.69, 9.17) is 0 Å². The van der Waals surface area contributed by atoms with Gasteiger partial charge in [-0.05, 0) is 50.6 Å². The Morgan fingerprint density at radius 1 is 1.19 bits per heavy atom. The average molecular weight is 303 g/mol. The van der Waals surface area contributed by atoms with Gasteiger partial charge in [-0.1, -0.05) is 23.8 Å². The van der Waals surface area contributed by atoms with E-state index in [1.165, 1.54) is 29.5 Å². The second kappa shape index (κ2) is 6.76. The number of hydrogen-bond donors (Lipinski definition) is 1. The molecule has 4 heteroatoms. The van der Waals surface area contributed by atoms with E-state index in [0.29, 0.717) is 5.69 Å². The van der Waals surface area contributed by atoms with Crippen molar-refractivity contribution >= 4 is 23.4 Å². The van der Waals surface area contributed by atoms with Crippen molar-refractivity contribution in [2.24, 2.45) is 0 Å². The minimum atomic E-state index is -0.359.